The van der Waals surface area contributed by atoms with Crippen LogP contribution in [0.3, 0.4) is 0 Å². The molecule has 5 N–H and O–H groups in total. The van der Waals surface area contributed by atoms with Crippen molar-refractivity contribution in [3.63, 3.8) is 0 Å². The maximum atomic E-state index is 12.1. The second-order valence-electron chi connectivity index (χ2n) is 6.66. The summed E-state index contributed by atoms with van der Waals surface area (Å²) in [6.07, 6.45) is 0.311. The highest BCUT2D eigenvalue weighted by atomic mass is 32.2. The molecule has 1 unspecified atom stereocenters. The molecule has 2 aromatic rings. The SMILES string of the molecule is NC1=NC(CC(=O)Nc2ccc(CCNC[C@H](O)c3ccccc3)cc2)=CS1=O. The van der Waals surface area contributed by atoms with Crippen molar-refractivity contribution in [1.29, 1.82) is 0 Å². The van der Waals surface area contributed by atoms with Crippen molar-refractivity contribution in [1.82, 2.24) is 5.32 Å². The third-order valence-electron chi connectivity index (χ3n) is 4.39. The highest BCUT2D eigenvalue weighted by molar-refractivity contribution is 8.03. The van der Waals surface area contributed by atoms with E-state index in [4.69, 9.17) is 5.73 Å². The molecule has 8 heteroatoms. The number of carbonyl (C=O) groups excluding carboxylic acids is 1. The fourth-order valence-corrected chi connectivity index (χ4v) is 3.58. The zero-order valence-corrected chi connectivity index (χ0v) is 16.7. The van der Waals surface area contributed by atoms with E-state index in [1.165, 1.54) is 5.41 Å². The van der Waals surface area contributed by atoms with Crippen LogP contribution in [0.1, 0.15) is 23.7 Å². The predicted molar refractivity (Wildman–Crippen MR) is 116 cm³/mol. The molecule has 29 heavy (non-hydrogen) atoms. The summed E-state index contributed by atoms with van der Waals surface area (Å²) in [4.78, 5) is 16.0. The number of rotatable bonds is 9. The summed E-state index contributed by atoms with van der Waals surface area (Å²) in [6.45, 7) is 1.23. The molecule has 0 aliphatic carbocycles. The van der Waals surface area contributed by atoms with Crippen molar-refractivity contribution in [2.24, 2.45) is 10.7 Å². The number of nitrogens with two attached hydrogens (primary N) is 1. The lowest BCUT2D eigenvalue weighted by molar-refractivity contribution is -0.115. The molecule has 152 valence electrons. The van der Waals surface area contributed by atoms with Crippen LogP contribution in [0.5, 0.6) is 0 Å². The minimum atomic E-state index is -1.42. The van der Waals surface area contributed by atoms with Gasteiger partial charge in [0.2, 0.25) is 5.91 Å². The summed E-state index contributed by atoms with van der Waals surface area (Å²) in [5, 5.41) is 17.6. The van der Waals surface area contributed by atoms with Crippen molar-refractivity contribution in [2.75, 3.05) is 18.4 Å². The Balaban J connectivity index is 1.39. The summed E-state index contributed by atoms with van der Waals surface area (Å²) in [5.41, 5.74) is 8.57. The number of amidine groups is 1. The highest BCUT2D eigenvalue weighted by Crippen LogP contribution is 2.15. The Morgan fingerprint density at radius 1 is 1.14 bits per heavy atom. The van der Waals surface area contributed by atoms with Gasteiger partial charge in [-0.1, -0.05) is 42.5 Å². The molecule has 2 atom stereocenters. The van der Waals surface area contributed by atoms with E-state index in [0.29, 0.717) is 17.9 Å². The Labute approximate surface area is 172 Å². The molecule has 1 aliphatic rings. The zero-order chi connectivity index (χ0) is 20.6. The normalized spacial score (nSPS) is 16.8. The van der Waals surface area contributed by atoms with Crippen LogP contribution < -0.4 is 16.4 Å². The van der Waals surface area contributed by atoms with E-state index < -0.39 is 16.9 Å². The first-order chi connectivity index (χ1) is 14.0. The lowest BCUT2D eigenvalue weighted by Gasteiger charge is -2.12. The number of anilines is 1. The van der Waals surface area contributed by atoms with Gasteiger partial charge in [-0.05, 0) is 36.2 Å². The molecule has 0 bridgehead atoms. The minimum absolute atomic E-state index is 0.0296. The van der Waals surface area contributed by atoms with Gasteiger partial charge in [-0.15, -0.1) is 0 Å². The first-order valence-electron chi connectivity index (χ1n) is 9.29. The molecule has 2 aromatic carbocycles. The Bertz CT molecular complexity index is 927. The van der Waals surface area contributed by atoms with Gasteiger partial charge in [-0.2, -0.15) is 0 Å². The Morgan fingerprint density at radius 2 is 1.86 bits per heavy atom. The number of hydrogen-bond donors (Lipinski definition) is 4. The number of aliphatic imine (C=N–C) groups is 1. The van der Waals surface area contributed by atoms with Crippen molar-refractivity contribution >= 4 is 27.6 Å². The van der Waals surface area contributed by atoms with E-state index >= 15 is 0 Å². The van der Waals surface area contributed by atoms with Crippen molar-refractivity contribution in [3.05, 3.63) is 76.8 Å². The van der Waals surface area contributed by atoms with Gasteiger partial charge in [0.25, 0.3) is 0 Å². The Hall–Kier alpha value is -2.81. The van der Waals surface area contributed by atoms with Crippen LogP contribution in [0.15, 0.2) is 70.7 Å². The summed E-state index contributed by atoms with van der Waals surface area (Å²) >= 11 is 0. The van der Waals surface area contributed by atoms with Gasteiger partial charge in [0.15, 0.2) is 5.17 Å². The molecule has 7 nitrogen and oxygen atoms in total. The van der Waals surface area contributed by atoms with Crippen LogP contribution >= 0.6 is 0 Å². The predicted octanol–water partition coefficient (Wildman–Crippen LogP) is 1.80. The quantitative estimate of drug-likeness (QED) is 0.469. The molecule has 3 rings (SSSR count). The maximum Gasteiger partial charge on any atom is 0.230 e. The fraction of sp³-hybridized carbons (Fsp3) is 0.238. The molecule has 1 aliphatic heterocycles. The van der Waals surface area contributed by atoms with Crippen LogP contribution in [-0.2, 0) is 22.0 Å². The summed E-state index contributed by atoms with van der Waals surface area (Å²) in [6, 6.07) is 17.1. The summed E-state index contributed by atoms with van der Waals surface area (Å²) in [7, 11) is -1.42. The summed E-state index contributed by atoms with van der Waals surface area (Å²) < 4.78 is 11.4. The molecular weight excluding hydrogens is 388 g/mol. The van der Waals surface area contributed by atoms with Crippen LogP contribution in [0, 0.1) is 0 Å². The van der Waals surface area contributed by atoms with Gasteiger partial charge < -0.3 is 21.5 Å². The van der Waals surface area contributed by atoms with E-state index in [-0.39, 0.29) is 17.5 Å². The molecular formula is C21H24N4O3S. The third-order valence-corrected chi connectivity index (χ3v) is 5.38. The number of aliphatic hydroxyl groups is 1. The fourth-order valence-electron chi connectivity index (χ4n) is 2.87. The van der Waals surface area contributed by atoms with Gasteiger partial charge in [-0.25, -0.2) is 9.20 Å². The number of benzene rings is 2. The molecule has 0 spiro atoms. The van der Waals surface area contributed by atoms with Gasteiger partial charge in [0, 0.05) is 17.6 Å². The standard InChI is InChI=1S/C21H24N4O3S/c22-21-25-18(14-29(21)28)12-20(27)24-17-8-6-15(7-9-17)10-11-23-13-19(26)16-4-2-1-3-5-16/h1-9,14,19,23,26H,10-13H2,(H2,22,25)(H,24,27)/t19-,29?/m0/s1. The van der Waals surface area contributed by atoms with Gasteiger partial charge in [0.05, 0.1) is 18.2 Å². The Kier molecular flexibility index (Phi) is 7.29. The van der Waals surface area contributed by atoms with Crippen LogP contribution in [-0.4, -0.2) is 33.5 Å². The van der Waals surface area contributed by atoms with Gasteiger partial charge in [-0.3, -0.25) is 4.79 Å². The van der Waals surface area contributed by atoms with Crippen molar-refractivity contribution in [3.8, 4) is 0 Å². The second-order valence-corrected chi connectivity index (χ2v) is 7.91. The highest BCUT2D eigenvalue weighted by Gasteiger charge is 2.16. The van der Waals surface area contributed by atoms with Crippen molar-refractivity contribution < 1.29 is 14.1 Å². The van der Waals surface area contributed by atoms with Crippen LogP contribution in [0.25, 0.3) is 0 Å². The molecule has 1 heterocycles. The number of carbonyl (C=O) groups is 1. The van der Waals surface area contributed by atoms with Gasteiger partial charge in [0.1, 0.15) is 10.8 Å². The average Bonchev–Trinajstić information content (AvgIpc) is 3.03. The number of aliphatic hydroxyl groups excluding tert-OH is 1. The number of nitrogens with one attached hydrogen (secondary N) is 2. The minimum Gasteiger partial charge on any atom is -0.387 e. The van der Waals surface area contributed by atoms with Gasteiger partial charge >= 0.3 is 0 Å². The number of amides is 1. The largest absolute Gasteiger partial charge is 0.387 e. The van der Waals surface area contributed by atoms with Crippen molar-refractivity contribution in [2.45, 2.75) is 18.9 Å². The monoisotopic (exact) mass is 412 g/mol. The third kappa shape index (κ3) is 6.35. The van der Waals surface area contributed by atoms with E-state index in [1.807, 2.05) is 54.6 Å². The van der Waals surface area contributed by atoms with E-state index in [2.05, 4.69) is 15.6 Å². The topological polar surface area (TPSA) is 117 Å². The summed E-state index contributed by atoms with van der Waals surface area (Å²) in [5.74, 6) is -0.240. The first kappa shape index (κ1) is 20.9. The van der Waals surface area contributed by atoms with E-state index in [1.54, 1.807) is 0 Å². The second kappa shape index (κ2) is 10.1. The smallest absolute Gasteiger partial charge is 0.230 e. The van der Waals surface area contributed by atoms with Crippen LogP contribution in [0.4, 0.5) is 5.69 Å². The molecule has 0 fully saturated rings. The Morgan fingerprint density at radius 3 is 2.52 bits per heavy atom. The zero-order valence-electron chi connectivity index (χ0n) is 15.9. The number of nitrogens with zero attached hydrogens (tertiary/aromatic N) is 1. The molecule has 1 amide bonds. The average molecular weight is 413 g/mol. The molecule has 0 radical (unpaired) electrons. The van der Waals surface area contributed by atoms with Crippen LogP contribution in [0.2, 0.25) is 0 Å². The first-order valence-corrected chi connectivity index (χ1v) is 10.5. The van der Waals surface area contributed by atoms with E-state index in [0.717, 1.165) is 24.1 Å². The number of hydrogen-bond acceptors (Lipinski definition) is 6. The molecule has 0 saturated heterocycles. The molecule has 0 saturated carbocycles. The lowest BCUT2D eigenvalue weighted by atomic mass is 10.1. The lowest BCUT2D eigenvalue weighted by Crippen LogP contribution is -2.23. The molecule has 0 aromatic heterocycles. The maximum absolute atomic E-state index is 12.1. The van der Waals surface area contributed by atoms with E-state index in [9.17, 15) is 14.1 Å².